The molecule has 4 nitrogen and oxygen atoms in total. The van der Waals surface area contributed by atoms with E-state index in [2.05, 4.69) is 4.98 Å². The van der Waals surface area contributed by atoms with Gasteiger partial charge in [-0.1, -0.05) is 12.1 Å². The lowest BCUT2D eigenvalue weighted by atomic mass is 10.1. The summed E-state index contributed by atoms with van der Waals surface area (Å²) in [6.07, 6.45) is 1.24. The number of hydrogen-bond donors (Lipinski definition) is 2. The molecule has 0 saturated carbocycles. The molecule has 5 heteroatoms. The molecule has 2 rings (SSSR count). The summed E-state index contributed by atoms with van der Waals surface area (Å²) in [4.78, 5) is 25.3. The van der Waals surface area contributed by atoms with Crippen molar-refractivity contribution in [2.45, 2.75) is 6.92 Å². The van der Waals surface area contributed by atoms with Crippen LogP contribution in [0.5, 0.6) is 0 Å². The Bertz CT molecular complexity index is 604. The Morgan fingerprint density at radius 2 is 2.06 bits per heavy atom. The monoisotopic (exact) mass is 239 g/mol. The van der Waals surface area contributed by atoms with E-state index in [4.69, 9.17) is 5.11 Å². The van der Waals surface area contributed by atoms with E-state index in [9.17, 15) is 9.59 Å². The lowest BCUT2D eigenvalue weighted by Gasteiger charge is -2.02. The summed E-state index contributed by atoms with van der Waals surface area (Å²) in [5, 5.41) is 9.19. The number of aromatic amines is 1. The van der Waals surface area contributed by atoms with Crippen LogP contribution in [0.1, 0.15) is 15.9 Å². The molecule has 0 bridgehead atoms. The number of carboxylic acids is 1. The van der Waals surface area contributed by atoms with Crippen molar-refractivity contribution in [1.82, 2.24) is 4.98 Å². The van der Waals surface area contributed by atoms with Gasteiger partial charge in [0.1, 0.15) is 5.56 Å². The molecule has 1 aromatic heterocycles. The van der Waals surface area contributed by atoms with E-state index in [1.54, 1.807) is 12.1 Å². The second-order valence-electron chi connectivity index (χ2n) is 3.33. The number of nitrogens with one attached hydrogen (secondary N) is 1. The molecule has 16 heavy (non-hydrogen) atoms. The van der Waals surface area contributed by atoms with Crippen LogP contribution in [0.4, 0.5) is 0 Å². The molecule has 0 unspecified atom stereocenters. The number of carboxylic acid groups (broad SMARTS) is 1. The van der Waals surface area contributed by atoms with E-state index in [-0.39, 0.29) is 18.0 Å². The molecule has 0 aliphatic rings. The average Bonchev–Trinajstić information content (AvgIpc) is 2.19. The largest absolute Gasteiger partial charge is 0.477 e. The van der Waals surface area contributed by atoms with Crippen molar-refractivity contribution < 1.29 is 9.90 Å². The van der Waals surface area contributed by atoms with Gasteiger partial charge in [-0.2, -0.15) is 0 Å². The minimum Gasteiger partial charge on any atom is -0.477 e. The van der Waals surface area contributed by atoms with Gasteiger partial charge >= 0.3 is 5.97 Å². The number of rotatable bonds is 1. The van der Waals surface area contributed by atoms with Crippen LogP contribution in [-0.2, 0) is 0 Å². The average molecular weight is 240 g/mol. The van der Waals surface area contributed by atoms with Crippen LogP contribution in [0, 0.1) is 6.92 Å². The number of aromatic nitrogens is 1. The third kappa shape index (κ3) is 1.79. The molecule has 0 radical (unpaired) electrons. The van der Waals surface area contributed by atoms with E-state index >= 15 is 0 Å². The van der Waals surface area contributed by atoms with Crippen LogP contribution in [-0.4, -0.2) is 16.1 Å². The van der Waals surface area contributed by atoms with Gasteiger partial charge in [0.25, 0.3) is 0 Å². The fraction of sp³-hybridized carbons (Fsp3) is 0.0909. The Balaban J connectivity index is 0.00000128. The molecule has 0 spiro atoms. The highest BCUT2D eigenvalue weighted by molar-refractivity contribution is 5.92. The maximum Gasteiger partial charge on any atom is 0.341 e. The number of carbonyl (C=O) groups is 1. The first-order valence-corrected chi connectivity index (χ1v) is 4.45. The number of aromatic carboxylic acids is 1. The molecule has 0 amide bonds. The first kappa shape index (κ1) is 12.3. The minimum atomic E-state index is -1.21. The van der Waals surface area contributed by atoms with Gasteiger partial charge in [0, 0.05) is 11.6 Å². The van der Waals surface area contributed by atoms with Gasteiger partial charge in [-0.25, -0.2) is 4.79 Å². The molecule has 84 valence electrons. The number of aryl methyl sites for hydroxylation is 1. The Labute approximate surface area is 97.3 Å². The van der Waals surface area contributed by atoms with Crippen molar-refractivity contribution in [1.29, 1.82) is 0 Å². The summed E-state index contributed by atoms with van der Waals surface area (Å²) < 4.78 is 0. The summed E-state index contributed by atoms with van der Waals surface area (Å²) in [5.41, 5.74) is 0.932. The molecule has 0 atom stereocenters. The highest BCUT2D eigenvalue weighted by Gasteiger charge is 2.11. The number of H-pyrrole nitrogens is 1. The first-order chi connectivity index (χ1) is 7.11. The van der Waals surface area contributed by atoms with Gasteiger partial charge in [-0.3, -0.25) is 4.79 Å². The molecule has 1 heterocycles. The molecule has 0 aliphatic heterocycles. The van der Waals surface area contributed by atoms with Crippen molar-refractivity contribution >= 4 is 29.3 Å². The zero-order valence-electron chi connectivity index (χ0n) is 8.48. The standard InChI is InChI=1S/C11H9NO3.ClH/c1-6-3-2-4-7-9(6)12-5-8(10(7)13)11(14)15;/h2-5H,1H3,(H,12,13)(H,14,15);1H. The topological polar surface area (TPSA) is 70.2 Å². The van der Waals surface area contributed by atoms with Crippen LogP contribution < -0.4 is 5.43 Å². The molecular formula is C11H10ClNO3. The lowest BCUT2D eigenvalue weighted by Crippen LogP contribution is -2.15. The van der Waals surface area contributed by atoms with Crippen molar-refractivity contribution in [2.24, 2.45) is 0 Å². The predicted octanol–water partition coefficient (Wildman–Crippen LogP) is 1.96. The number of para-hydroxylation sites is 1. The van der Waals surface area contributed by atoms with Gasteiger partial charge in [0.05, 0.1) is 5.52 Å². The second kappa shape index (κ2) is 4.37. The van der Waals surface area contributed by atoms with Crippen LogP contribution in [0.2, 0.25) is 0 Å². The molecule has 0 fully saturated rings. The molecular weight excluding hydrogens is 230 g/mol. The molecule has 1 aromatic carbocycles. The Hall–Kier alpha value is -1.81. The van der Waals surface area contributed by atoms with E-state index < -0.39 is 11.4 Å². The third-order valence-electron chi connectivity index (χ3n) is 2.35. The van der Waals surface area contributed by atoms with E-state index in [1.165, 1.54) is 6.20 Å². The van der Waals surface area contributed by atoms with Crippen molar-refractivity contribution in [3.05, 3.63) is 45.7 Å². The summed E-state index contributed by atoms with van der Waals surface area (Å²) in [6.45, 7) is 1.86. The number of fused-ring (bicyclic) bond motifs is 1. The maximum absolute atomic E-state index is 11.7. The zero-order valence-corrected chi connectivity index (χ0v) is 9.30. The quantitative estimate of drug-likeness (QED) is 0.799. The smallest absolute Gasteiger partial charge is 0.341 e. The highest BCUT2D eigenvalue weighted by Crippen LogP contribution is 2.12. The summed E-state index contributed by atoms with van der Waals surface area (Å²) >= 11 is 0. The molecule has 2 aromatic rings. The second-order valence-corrected chi connectivity index (χ2v) is 3.33. The van der Waals surface area contributed by atoms with Crippen molar-refractivity contribution in [3.8, 4) is 0 Å². The van der Waals surface area contributed by atoms with Gasteiger partial charge in [-0.15, -0.1) is 12.4 Å². The minimum absolute atomic E-state index is 0. The fourth-order valence-corrected chi connectivity index (χ4v) is 1.56. The fourth-order valence-electron chi connectivity index (χ4n) is 1.56. The summed E-state index contributed by atoms with van der Waals surface area (Å²) in [7, 11) is 0. The van der Waals surface area contributed by atoms with Crippen LogP contribution in [0.3, 0.4) is 0 Å². The maximum atomic E-state index is 11.7. The third-order valence-corrected chi connectivity index (χ3v) is 2.35. The lowest BCUT2D eigenvalue weighted by molar-refractivity contribution is 0.0695. The Morgan fingerprint density at radius 1 is 1.38 bits per heavy atom. The van der Waals surface area contributed by atoms with Crippen LogP contribution in [0.25, 0.3) is 10.9 Å². The number of benzene rings is 1. The summed E-state index contributed by atoms with van der Waals surface area (Å²) in [5.74, 6) is -1.21. The first-order valence-electron chi connectivity index (χ1n) is 4.45. The van der Waals surface area contributed by atoms with Gasteiger partial charge < -0.3 is 10.1 Å². The van der Waals surface area contributed by atoms with Crippen LogP contribution in [0.15, 0.2) is 29.2 Å². The number of hydrogen-bond acceptors (Lipinski definition) is 2. The Kier molecular flexibility index (Phi) is 3.34. The van der Waals surface area contributed by atoms with E-state index in [1.807, 2.05) is 13.0 Å². The zero-order chi connectivity index (χ0) is 11.0. The highest BCUT2D eigenvalue weighted by atomic mass is 35.5. The number of halogens is 1. The Morgan fingerprint density at radius 3 is 2.69 bits per heavy atom. The molecule has 0 aliphatic carbocycles. The predicted molar refractivity (Wildman–Crippen MR) is 63.5 cm³/mol. The van der Waals surface area contributed by atoms with Crippen molar-refractivity contribution in [2.75, 3.05) is 0 Å². The van der Waals surface area contributed by atoms with Gasteiger partial charge in [0.15, 0.2) is 0 Å². The van der Waals surface area contributed by atoms with Gasteiger partial charge in [-0.05, 0) is 18.6 Å². The van der Waals surface area contributed by atoms with Crippen molar-refractivity contribution in [3.63, 3.8) is 0 Å². The van der Waals surface area contributed by atoms with E-state index in [0.29, 0.717) is 10.9 Å². The normalized spacial score (nSPS) is 9.81. The number of pyridine rings is 1. The molecule has 0 saturated heterocycles. The summed E-state index contributed by atoms with van der Waals surface area (Å²) in [6, 6.07) is 5.21. The SMILES string of the molecule is Cc1cccc2c(=O)c(C(=O)O)c[nH]c12.Cl. The molecule has 2 N–H and O–H groups in total. The van der Waals surface area contributed by atoms with Crippen LogP contribution >= 0.6 is 12.4 Å². The van der Waals surface area contributed by atoms with Gasteiger partial charge in [0.2, 0.25) is 5.43 Å². The van der Waals surface area contributed by atoms with E-state index in [0.717, 1.165) is 5.56 Å².